The van der Waals surface area contributed by atoms with Gasteiger partial charge in [0, 0.05) is 40.3 Å². The largest absolute Gasteiger partial charge is 0.324 e. The minimum absolute atomic E-state index is 0.143. The van der Waals surface area contributed by atoms with E-state index in [0.29, 0.717) is 24.0 Å². The first kappa shape index (κ1) is 13.5. The van der Waals surface area contributed by atoms with Crippen molar-refractivity contribution in [3.63, 3.8) is 0 Å². The van der Waals surface area contributed by atoms with E-state index in [4.69, 9.17) is 0 Å². The van der Waals surface area contributed by atoms with E-state index in [-0.39, 0.29) is 11.3 Å². The smallest absolute Gasteiger partial charge is 0.323 e. The normalized spacial score (nSPS) is 24.7. The number of amides is 2. The summed E-state index contributed by atoms with van der Waals surface area (Å²) in [5.74, 6) is 0.561. The summed E-state index contributed by atoms with van der Waals surface area (Å²) in [6, 6.07) is -0.143. The van der Waals surface area contributed by atoms with Gasteiger partial charge in [0.05, 0.1) is 5.69 Å². The van der Waals surface area contributed by atoms with E-state index in [9.17, 15) is 9.00 Å². The number of aromatic nitrogens is 1. The van der Waals surface area contributed by atoms with Crippen molar-refractivity contribution in [3.05, 3.63) is 11.1 Å². The summed E-state index contributed by atoms with van der Waals surface area (Å²) in [7, 11) is -0.817. The summed E-state index contributed by atoms with van der Waals surface area (Å²) in [5, 5.41) is 5.48. The Morgan fingerprint density at radius 2 is 2.39 bits per heavy atom. The van der Waals surface area contributed by atoms with E-state index in [0.717, 1.165) is 12.1 Å². The van der Waals surface area contributed by atoms with Gasteiger partial charge in [0.2, 0.25) is 0 Å². The zero-order chi connectivity index (χ0) is 13.1. The van der Waals surface area contributed by atoms with Crippen LogP contribution in [0.4, 0.5) is 9.93 Å². The molecule has 18 heavy (non-hydrogen) atoms. The summed E-state index contributed by atoms with van der Waals surface area (Å²) in [4.78, 5) is 17.9. The molecule has 2 atom stereocenters. The first-order valence-corrected chi connectivity index (χ1v) is 8.17. The fourth-order valence-corrected chi connectivity index (χ4v) is 3.62. The standard InChI is InChI=1S/C11H17N3O2S2/c1-8-7-17-10(12-8)13-11(15)14-4-3-9(2)18(16)6-5-14/h7,9H,3-6H2,1-2H3,(H,12,13,15)/t9-,18-/m1/s1. The van der Waals surface area contributed by atoms with Crippen molar-refractivity contribution >= 4 is 33.3 Å². The molecule has 7 heteroatoms. The molecular formula is C11H17N3O2S2. The molecule has 0 spiro atoms. The number of aryl methyl sites for hydroxylation is 1. The van der Waals surface area contributed by atoms with E-state index in [2.05, 4.69) is 10.3 Å². The van der Waals surface area contributed by atoms with Crippen molar-refractivity contribution in [3.8, 4) is 0 Å². The lowest BCUT2D eigenvalue weighted by molar-refractivity contribution is 0.215. The second-order valence-corrected chi connectivity index (χ2v) is 7.23. The number of nitrogens with one attached hydrogen (secondary N) is 1. The van der Waals surface area contributed by atoms with Crippen LogP contribution in [0.25, 0.3) is 0 Å². The minimum Gasteiger partial charge on any atom is -0.324 e. The van der Waals surface area contributed by atoms with E-state index >= 15 is 0 Å². The van der Waals surface area contributed by atoms with Gasteiger partial charge < -0.3 is 4.90 Å². The summed E-state index contributed by atoms with van der Waals surface area (Å²) in [5.41, 5.74) is 0.904. The van der Waals surface area contributed by atoms with E-state index in [1.807, 2.05) is 19.2 Å². The van der Waals surface area contributed by atoms with Crippen LogP contribution < -0.4 is 5.32 Å². The SMILES string of the molecule is Cc1csc(NC(=O)N2CC[C@@H](C)[S@](=O)CC2)n1. The molecule has 0 aliphatic carbocycles. The fraction of sp³-hybridized carbons (Fsp3) is 0.636. The van der Waals surface area contributed by atoms with Crippen LogP contribution in [0.2, 0.25) is 0 Å². The second-order valence-electron chi connectivity index (χ2n) is 4.40. The maximum atomic E-state index is 12.0. The number of hydrogen-bond acceptors (Lipinski definition) is 4. The van der Waals surface area contributed by atoms with Gasteiger partial charge in [-0.3, -0.25) is 9.53 Å². The molecule has 1 aliphatic rings. The highest BCUT2D eigenvalue weighted by atomic mass is 32.2. The predicted molar refractivity (Wildman–Crippen MR) is 74.5 cm³/mol. The van der Waals surface area contributed by atoms with Crippen LogP contribution in [-0.2, 0) is 10.8 Å². The molecule has 1 fully saturated rings. The molecule has 0 saturated carbocycles. The number of nitrogens with zero attached hydrogens (tertiary/aromatic N) is 2. The molecule has 0 radical (unpaired) electrons. The van der Waals surface area contributed by atoms with Gasteiger partial charge in [-0.25, -0.2) is 9.78 Å². The highest BCUT2D eigenvalue weighted by Crippen LogP contribution is 2.16. The maximum Gasteiger partial charge on any atom is 0.323 e. The number of carbonyl (C=O) groups excluding carboxylic acids is 1. The number of anilines is 1. The van der Waals surface area contributed by atoms with Crippen LogP contribution in [-0.4, -0.2) is 44.2 Å². The average molecular weight is 287 g/mol. The Morgan fingerprint density at radius 1 is 1.61 bits per heavy atom. The quantitative estimate of drug-likeness (QED) is 0.857. The third-order valence-corrected chi connectivity index (χ3v) is 5.53. The third kappa shape index (κ3) is 3.29. The molecule has 1 aromatic rings. The molecule has 1 aromatic heterocycles. The second kappa shape index (κ2) is 5.79. The fourth-order valence-electron chi connectivity index (χ4n) is 1.77. The minimum atomic E-state index is -0.817. The Balaban J connectivity index is 1.95. The van der Waals surface area contributed by atoms with Crippen LogP contribution in [0.15, 0.2) is 5.38 Å². The van der Waals surface area contributed by atoms with Gasteiger partial charge in [-0.1, -0.05) is 6.92 Å². The zero-order valence-electron chi connectivity index (χ0n) is 10.5. The Bertz CT molecular complexity index is 461. The first-order valence-electron chi connectivity index (χ1n) is 5.91. The summed E-state index contributed by atoms with van der Waals surface area (Å²) in [6.07, 6.45) is 0.789. The number of urea groups is 1. The van der Waals surface area contributed by atoms with Gasteiger partial charge in [-0.15, -0.1) is 11.3 Å². The van der Waals surface area contributed by atoms with Crippen LogP contribution in [0.3, 0.4) is 0 Å². The van der Waals surface area contributed by atoms with Crippen LogP contribution in [0.5, 0.6) is 0 Å². The predicted octanol–water partition coefficient (Wildman–Crippen LogP) is 1.83. The summed E-state index contributed by atoms with van der Waals surface area (Å²) >= 11 is 1.42. The van der Waals surface area contributed by atoms with Crippen molar-refractivity contribution in [1.82, 2.24) is 9.88 Å². The highest BCUT2D eigenvalue weighted by Gasteiger charge is 2.22. The van der Waals surface area contributed by atoms with Gasteiger partial charge in [-0.05, 0) is 13.3 Å². The Morgan fingerprint density at radius 3 is 3.06 bits per heavy atom. The monoisotopic (exact) mass is 287 g/mol. The van der Waals surface area contributed by atoms with E-state index in [1.54, 1.807) is 4.90 Å². The van der Waals surface area contributed by atoms with Crippen molar-refractivity contribution in [1.29, 1.82) is 0 Å². The topological polar surface area (TPSA) is 62.3 Å². The van der Waals surface area contributed by atoms with Crippen LogP contribution in [0, 0.1) is 6.92 Å². The van der Waals surface area contributed by atoms with Crippen molar-refractivity contribution in [2.45, 2.75) is 25.5 Å². The first-order chi connectivity index (χ1) is 8.56. The average Bonchev–Trinajstić information content (AvgIpc) is 2.65. The lowest BCUT2D eigenvalue weighted by Gasteiger charge is -2.19. The molecule has 1 N–H and O–H groups in total. The molecule has 100 valence electrons. The van der Waals surface area contributed by atoms with E-state index in [1.165, 1.54) is 11.3 Å². The molecule has 1 saturated heterocycles. The summed E-state index contributed by atoms with van der Waals surface area (Å²) in [6.45, 7) is 5.07. The Hall–Kier alpha value is -0.950. The lowest BCUT2D eigenvalue weighted by Crippen LogP contribution is -2.36. The molecular weight excluding hydrogens is 270 g/mol. The zero-order valence-corrected chi connectivity index (χ0v) is 12.1. The molecule has 0 aromatic carbocycles. The van der Waals surface area contributed by atoms with Gasteiger partial charge in [0.1, 0.15) is 0 Å². The Labute approximate surface area is 113 Å². The van der Waals surface area contributed by atoms with Gasteiger partial charge in [0.25, 0.3) is 0 Å². The molecule has 0 unspecified atom stereocenters. The lowest BCUT2D eigenvalue weighted by atomic mass is 10.3. The molecule has 0 bridgehead atoms. The Kier molecular flexibility index (Phi) is 4.34. The number of hydrogen-bond donors (Lipinski definition) is 1. The van der Waals surface area contributed by atoms with Crippen LogP contribution >= 0.6 is 11.3 Å². The molecule has 2 heterocycles. The number of rotatable bonds is 1. The summed E-state index contributed by atoms with van der Waals surface area (Å²) < 4.78 is 11.7. The molecule has 5 nitrogen and oxygen atoms in total. The van der Waals surface area contributed by atoms with Gasteiger partial charge >= 0.3 is 6.03 Å². The number of thiazole rings is 1. The van der Waals surface area contributed by atoms with Gasteiger partial charge in [0.15, 0.2) is 5.13 Å². The number of carbonyl (C=O) groups is 1. The molecule has 1 aliphatic heterocycles. The maximum absolute atomic E-state index is 12.0. The van der Waals surface area contributed by atoms with Crippen molar-refractivity contribution in [2.24, 2.45) is 0 Å². The van der Waals surface area contributed by atoms with Crippen molar-refractivity contribution in [2.75, 3.05) is 24.2 Å². The molecule has 2 amide bonds. The van der Waals surface area contributed by atoms with Crippen LogP contribution in [0.1, 0.15) is 19.0 Å². The van der Waals surface area contributed by atoms with E-state index < -0.39 is 10.8 Å². The van der Waals surface area contributed by atoms with Crippen molar-refractivity contribution < 1.29 is 9.00 Å². The molecule has 2 rings (SSSR count). The van der Waals surface area contributed by atoms with Gasteiger partial charge in [-0.2, -0.15) is 0 Å². The highest BCUT2D eigenvalue weighted by molar-refractivity contribution is 7.85. The third-order valence-electron chi connectivity index (χ3n) is 2.94.